The first-order valence-electron chi connectivity index (χ1n) is 3.38. The lowest BCUT2D eigenvalue weighted by molar-refractivity contribution is -0.142. The summed E-state index contributed by atoms with van der Waals surface area (Å²) in [6.07, 6.45) is 0.710. The summed E-state index contributed by atoms with van der Waals surface area (Å²) in [7, 11) is 1.29. The predicted octanol–water partition coefficient (Wildman–Crippen LogP) is 0.740. The van der Waals surface area contributed by atoms with E-state index in [1.807, 2.05) is 0 Å². The number of nitrogens with zero attached hydrogens (tertiary/aromatic N) is 1. The van der Waals surface area contributed by atoms with Gasteiger partial charge in [0.1, 0.15) is 11.1 Å². The predicted molar refractivity (Wildman–Crippen MR) is 43.7 cm³/mol. The van der Waals surface area contributed by atoms with Crippen molar-refractivity contribution in [3.63, 3.8) is 0 Å². The maximum absolute atomic E-state index is 10.7. The van der Waals surface area contributed by atoms with Crippen molar-refractivity contribution in [1.29, 1.82) is 0 Å². The van der Waals surface area contributed by atoms with Crippen molar-refractivity contribution < 1.29 is 14.6 Å². The summed E-state index contributed by atoms with van der Waals surface area (Å²) in [5.74, 6) is -0.433. The molecular formula is C7H9NO3S. The first-order chi connectivity index (χ1) is 5.74. The molecule has 0 aliphatic rings. The van der Waals surface area contributed by atoms with E-state index in [9.17, 15) is 9.90 Å². The monoisotopic (exact) mass is 187 g/mol. The minimum absolute atomic E-state index is 0.0377. The lowest BCUT2D eigenvalue weighted by Crippen LogP contribution is -2.07. The van der Waals surface area contributed by atoms with Crippen molar-refractivity contribution in [1.82, 2.24) is 4.98 Å². The maximum Gasteiger partial charge on any atom is 0.308 e. The first-order valence-corrected chi connectivity index (χ1v) is 4.26. The molecule has 5 heteroatoms. The van der Waals surface area contributed by atoms with Crippen LogP contribution in [0.15, 0.2) is 11.6 Å². The van der Waals surface area contributed by atoms with Crippen LogP contribution in [-0.4, -0.2) is 23.2 Å². The van der Waals surface area contributed by atoms with Gasteiger partial charge in [0.25, 0.3) is 0 Å². The van der Waals surface area contributed by atoms with Gasteiger partial charge in [-0.1, -0.05) is 0 Å². The van der Waals surface area contributed by atoms with E-state index in [0.717, 1.165) is 0 Å². The molecule has 0 aliphatic carbocycles. The number of aromatic nitrogens is 1. The van der Waals surface area contributed by atoms with Crippen LogP contribution in [0.2, 0.25) is 0 Å². The Morgan fingerprint density at radius 2 is 2.67 bits per heavy atom. The molecule has 1 aromatic heterocycles. The first kappa shape index (κ1) is 9.15. The fraction of sp³-hybridized carbons (Fsp3) is 0.429. The third-order valence-corrected chi connectivity index (χ3v) is 2.20. The van der Waals surface area contributed by atoms with Crippen LogP contribution in [0.5, 0.6) is 0 Å². The van der Waals surface area contributed by atoms with Gasteiger partial charge >= 0.3 is 5.97 Å². The summed E-state index contributed by atoms with van der Waals surface area (Å²) in [6.45, 7) is 0. The highest BCUT2D eigenvalue weighted by Gasteiger charge is 2.14. The van der Waals surface area contributed by atoms with E-state index < -0.39 is 12.1 Å². The largest absolute Gasteiger partial charge is 0.469 e. The molecule has 4 nitrogen and oxygen atoms in total. The number of rotatable bonds is 3. The lowest BCUT2D eigenvalue weighted by atomic mass is 10.3. The van der Waals surface area contributed by atoms with Crippen LogP contribution in [-0.2, 0) is 9.53 Å². The lowest BCUT2D eigenvalue weighted by Gasteiger charge is -2.04. The molecule has 0 spiro atoms. The Balaban J connectivity index is 2.49. The van der Waals surface area contributed by atoms with Gasteiger partial charge in [-0.3, -0.25) is 4.79 Å². The van der Waals surface area contributed by atoms with Crippen LogP contribution in [0.4, 0.5) is 0 Å². The number of hydrogen-bond acceptors (Lipinski definition) is 5. The molecule has 1 atom stereocenters. The molecule has 0 saturated heterocycles. The number of esters is 1. The van der Waals surface area contributed by atoms with E-state index in [0.29, 0.717) is 5.01 Å². The average molecular weight is 187 g/mol. The van der Waals surface area contributed by atoms with Gasteiger partial charge in [0.2, 0.25) is 0 Å². The van der Waals surface area contributed by atoms with Crippen molar-refractivity contribution in [2.24, 2.45) is 0 Å². The average Bonchev–Trinajstić information content (AvgIpc) is 2.56. The second kappa shape index (κ2) is 4.18. The molecule has 0 radical (unpaired) electrons. The Labute approximate surface area is 73.8 Å². The number of carbonyl (C=O) groups is 1. The zero-order chi connectivity index (χ0) is 8.97. The smallest absolute Gasteiger partial charge is 0.308 e. The van der Waals surface area contributed by atoms with Crippen molar-refractivity contribution in [3.05, 3.63) is 16.6 Å². The Hall–Kier alpha value is -0.940. The van der Waals surface area contributed by atoms with E-state index in [1.54, 1.807) is 11.6 Å². The van der Waals surface area contributed by atoms with Crippen molar-refractivity contribution in [3.8, 4) is 0 Å². The second-order valence-corrected chi connectivity index (χ2v) is 3.09. The minimum atomic E-state index is -0.836. The molecule has 1 rings (SSSR count). The van der Waals surface area contributed by atoms with E-state index in [4.69, 9.17) is 0 Å². The highest BCUT2D eigenvalue weighted by atomic mass is 32.1. The summed E-state index contributed by atoms with van der Waals surface area (Å²) >= 11 is 1.31. The van der Waals surface area contributed by atoms with Crippen LogP contribution in [0.3, 0.4) is 0 Å². The van der Waals surface area contributed by atoms with Crippen LogP contribution < -0.4 is 0 Å². The normalized spacial score (nSPS) is 12.5. The van der Waals surface area contributed by atoms with Crippen molar-refractivity contribution >= 4 is 17.3 Å². The van der Waals surface area contributed by atoms with Crippen molar-refractivity contribution in [2.75, 3.05) is 7.11 Å². The molecule has 1 heterocycles. The van der Waals surface area contributed by atoms with Crippen LogP contribution >= 0.6 is 11.3 Å². The Morgan fingerprint density at radius 1 is 1.92 bits per heavy atom. The third kappa shape index (κ3) is 2.28. The zero-order valence-electron chi connectivity index (χ0n) is 6.56. The van der Waals surface area contributed by atoms with Crippen molar-refractivity contribution in [2.45, 2.75) is 12.5 Å². The third-order valence-electron chi connectivity index (χ3n) is 1.32. The number of aliphatic hydroxyl groups excluding tert-OH is 1. The Morgan fingerprint density at radius 3 is 3.17 bits per heavy atom. The minimum Gasteiger partial charge on any atom is -0.469 e. The van der Waals surface area contributed by atoms with Gasteiger partial charge in [-0.25, -0.2) is 4.98 Å². The van der Waals surface area contributed by atoms with E-state index in [1.165, 1.54) is 18.4 Å². The number of aliphatic hydroxyl groups is 1. The van der Waals surface area contributed by atoms with E-state index >= 15 is 0 Å². The molecule has 0 unspecified atom stereocenters. The van der Waals surface area contributed by atoms with Gasteiger partial charge in [0.05, 0.1) is 13.5 Å². The maximum atomic E-state index is 10.7. The van der Waals surface area contributed by atoms with E-state index in [-0.39, 0.29) is 6.42 Å². The topological polar surface area (TPSA) is 59.4 Å². The zero-order valence-corrected chi connectivity index (χ0v) is 7.37. The molecule has 0 aromatic carbocycles. The molecule has 0 fully saturated rings. The number of methoxy groups -OCH3 is 1. The Bertz CT molecular complexity index is 247. The molecule has 1 N–H and O–H groups in total. The summed E-state index contributed by atoms with van der Waals surface area (Å²) in [5, 5.41) is 11.6. The number of hydrogen-bond donors (Lipinski definition) is 1. The Kier molecular flexibility index (Phi) is 3.19. The van der Waals surface area contributed by atoms with Gasteiger partial charge in [-0.15, -0.1) is 11.3 Å². The van der Waals surface area contributed by atoms with Gasteiger partial charge < -0.3 is 9.84 Å². The van der Waals surface area contributed by atoms with E-state index in [2.05, 4.69) is 9.72 Å². The molecule has 1 aromatic rings. The molecule has 0 amide bonds. The highest BCUT2D eigenvalue weighted by molar-refractivity contribution is 7.09. The van der Waals surface area contributed by atoms with Gasteiger partial charge in [-0.2, -0.15) is 0 Å². The molecule has 66 valence electrons. The van der Waals surface area contributed by atoms with Crippen LogP contribution in [0.1, 0.15) is 17.5 Å². The van der Waals surface area contributed by atoms with Crippen LogP contribution in [0.25, 0.3) is 0 Å². The number of thiazole rings is 1. The summed E-state index contributed by atoms with van der Waals surface area (Å²) in [6, 6.07) is 0. The fourth-order valence-corrected chi connectivity index (χ4v) is 1.35. The number of ether oxygens (including phenoxy) is 1. The molecule has 0 saturated carbocycles. The SMILES string of the molecule is COC(=O)C[C@H](O)c1nccs1. The summed E-state index contributed by atoms with van der Waals surface area (Å²) in [5.41, 5.74) is 0. The second-order valence-electron chi connectivity index (χ2n) is 2.17. The van der Waals surface area contributed by atoms with Gasteiger partial charge in [0.15, 0.2) is 0 Å². The molecule has 12 heavy (non-hydrogen) atoms. The summed E-state index contributed by atoms with van der Waals surface area (Å²) in [4.78, 5) is 14.6. The quantitative estimate of drug-likeness (QED) is 0.709. The highest BCUT2D eigenvalue weighted by Crippen LogP contribution is 2.18. The van der Waals surface area contributed by atoms with Gasteiger partial charge in [0, 0.05) is 11.6 Å². The standard InChI is InChI=1S/C7H9NO3S/c1-11-6(10)4-5(9)7-8-2-3-12-7/h2-3,5,9H,4H2,1H3/t5-/m0/s1. The molecular weight excluding hydrogens is 178 g/mol. The molecule has 0 bridgehead atoms. The summed E-state index contributed by atoms with van der Waals surface area (Å²) < 4.78 is 4.40. The number of carbonyl (C=O) groups excluding carboxylic acids is 1. The van der Waals surface area contributed by atoms with Gasteiger partial charge in [-0.05, 0) is 0 Å². The van der Waals surface area contributed by atoms with Crippen LogP contribution in [0, 0.1) is 0 Å². The molecule has 0 aliphatic heterocycles. The fourth-order valence-electron chi connectivity index (χ4n) is 0.728.